The fourth-order valence-corrected chi connectivity index (χ4v) is 2.23. The van der Waals surface area contributed by atoms with Gasteiger partial charge in [-0.3, -0.25) is 0 Å². The third-order valence-electron chi connectivity index (χ3n) is 2.95. The summed E-state index contributed by atoms with van der Waals surface area (Å²) in [5.41, 5.74) is 0.549. The molecule has 2 rings (SSSR count). The predicted octanol–water partition coefficient (Wildman–Crippen LogP) is 2.62. The average molecular weight is 401 g/mol. The van der Waals surface area contributed by atoms with Gasteiger partial charge in [-0.1, -0.05) is 6.58 Å². The van der Waals surface area contributed by atoms with Crippen LogP contribution in [0.2, 0.25) is 0 Å². The molecule has 2 aromatic rings. The molecule has 1 aromatic carbocycles. The number of hydrogen-bond acceptors (Lipinski definition) is 7. The number of methoxy groups -OCH3 is 1. The molecule has 10 heteroatoms. The maximum atomic E-state index is 13.4. The smallest absolute Gasteiger partial charge is 0.418 e. The van der Waals surface area contributed by atoms with E-state index in [9.17, 15) is 9.18 Å². The third kappa shape index (κ3) is 3.71. The number of carbonyl (C=O) groups excluding carboxylic acids is 1. The van der Waals surface area contributed by atoms with Crippen molar-refractivity contribution in [1.82, 2.24) is 10.3 Å². The van der Waals surface area contributed by atoms with E-state index in [-0.39, 0.29) is 34.8 Å². The Kier molecular flexibility index (Phi) is 5.88. The first-order chi connectivity index (χ1) is 11.5. The predicted molar refractivity (Wildman–Crippen MR) is 87.9 cm³/mol. The molecule has 0 spiro atoms. The van der Waals surface area contributed by atoms with Crippen LogP contribution < -0.4 is 10.2 Å². The molecule has 0 saturated carbocycles. The Morgan fingerprint density at radius 1 is 1.54 bits per heavy atom. The molecule has 0 saturated heterocycles. The van der Waals surface area contributed by atoms with Crippen LogP contribution in [0.3, 0.4) is 0 Å². The second-order valence-corrected chi connectivity index (χ2v) is 5.32. The molecule has 0 radical (unpaired) electrons. The molecule has 0 unspecified atom stereocenters. The van der Waals surface area contributed by atoms with Crippen LogP contribution in [0, 0.1) is 5.82 Å². The second kappa shape index (κ2) is 7.88. The molecule has 1 amide bonds. The van der Waals surface area contributed by atoms with Crippen molar-refractivity contribution in [2.24, 2.45) is 0 Å². The zero-order valence-electron chi connectivity index (χ0n) is 12.6. The normalized spacial score (nSPS) is 10.3. The Bertz CT molecular complexity index is 752. The van der Waals surface area contributed by atoms with Gasteiger partial charge in [0.25, 0.3) is 0 Å². The van der Waals surface area contributed by atoms with Gasteiger partial charge in [0.2, 0.25) is 5.82 Å². The molecule has 24 heavy (non-hydrogen) atoms. The first kappa shape index (κ1) is 17.9. The molecule has 0 fully saturated rings. The van der Waals surface area contributed by atoms with Gasteiger partial charge in [0.05, 0.1) is 29.6 Å². The van der Waals surface area contributed by atoms with Crippen molar-refractivity contribution in [3.8, 4) is 0 Å². The first-order valence-corrected chi connectivity index (χ1v) is 7.48. The Hall–Kier alpha value is -2.46. The average Bonchev–Trinajstić information content (AvgIpc) is 3.04. The number of benzene rings is 1. The Labute approximate surface area is 145 Å². The summed E-state index contributed by atoms with van der Waals surface area (Å²) in [5.74, 6) is -0.285. The number of aliphatic hydroxyl groups excluding tert-OH is 1. The minimum Gasteiger partial charge on any atom is -0.452 e. The zero-order valence-corrected chi connectivity index (χ0v) is 14.2. The number of nitrogens with one attached hydrogen (secondary N) is 1. The van der Waals surface area contributed by atoms with Crippen molar-refractivity contribution in [2.75, 3.05) is 30.5 Å². The van der Waals surface area contributed by atoms with E-state index in [1.54, 1.807) is 0 Å². The van der Waals surface area contributed by atoms with Gasteiger partial charge in [-0.2, -0.15) is 0 Å². The van der Waals surface area contributed by atoms with Crippen molar-refractivity contribution < 1.29 is 23.7 Å². The number of rotatable bonds is 6. The molecule has 1 aromatic heterocycles. The molecule has 0 aliphatic carbocycles. The number of aromatic nitrogens is 2. The van der Waals surface area contributed by atoms with Crippen LogP contribution in [-0.4, -0.2) is 41.8 Å². The van der Waals surface area contributed by atoms with Crippen molar-refractivity contribution in [3.63, 3.8) is 0 Å². The Morgan fingerprint density at radius 2 is 2.29 bits per heavy atom. The van der Waals surface area contributed by atoms with Gasteiger partial charge in [0.1, 0.15) is 5.82 Å². The van der Waals surface area contributed by atoms with Crippen LogP contribution in [0.5, 0.6) is 0 Å². The summed E-state index contributed by atoms with van der Waals surface area (Å²) in [5, 5.41) is 19.0. The summed E-state index contributed by atoms with van der Waals surface area (Å²) >= 11 is 3.06. The van der Waals surface area contributed by atoms with Crippen molar-refractivity contribution in [3.05, 3.63) is 40.8 Å². The molecule has 0 atom stereocenters. The molecule has 0 aliphatic rings. The van der Waals surface area contributed by atoms with E-state index < -0.39 is 11.9 Å². The topological polar surface area (TPSA) is 101 Å². The van der Waals surface area contributed by atoms with Crippen molar-refractivity contribution in [1.29, 1.82) is 0 Å². The van der Waals surface area contributed by atoms with Crippen LogP contribution in [0.4, 0.5) is 20.7 Å². The van der Waals surface area contributed by atoms with Gasteiger partial charge < -0.3 is 15.2 Å². The summed E-state index contributed by atoms with van der Waals surface area (Å²) in [7, 11) is 1.20. The molecule has 0 aliphatic heterocycles. The number of hydrogen-bond donors (Lipinski definition) is 2. The number of carbonyl (C=O) groups is 1. The number of nitrogens with zero attached hydrogens (tertiary/aromatic N) is 3. The zero-order chi connectivity index (χ0) is 17.7. The van der Waals surface area contributed by atoms with Gasteiger partial charge in [-0.25, -0.2) is 18.7 Å². The van der Waals surface area contributed by atoms with Gasteiger partial charge in [-0.15, -0.1) is 0 Å². The summed E-state index contributed by atoms with van der Waals surface area (Å²) in [4.78, 5) is 13.3. The summed E-state index contributed by atoms with van der Waals surface area (Å²) in [6, 6.07) is 3.97. The number of amides is 1. The molecule has 2 N–H and O–H groups in total. The van der Waals surface area contributed by atoms with Crippen molar-refractivity contribution in [2.45, 2.75) is 0 Å². The molecule has 0 bridgehead atoms. The van der Waals surface area contributed by atoms with Gasteiger partial charge >= 0.3 is 6.09 Å². The van der Waals surface area contributed by atoms with Gasteiger partial charge in [0.15, 0.2) is 5.69 Å². The molecule has 128 valence electrons. The fraction of sp³-hybridized carbons (Fsp3) is 0.214. The van der Waals surface area contributed by atoms with Crippen LogP contribution in [-0.2, 0) is 4.74 Å². The lowest BCUT2D eigenvalue weighted by molar-refractivity contribution is 0.182. The van der Waals surface area contributed by atoms with E-state index >= 15 is 0 Å². The molecule has 1 heterocycles. The van der Waals surface area contributed by atoms with E-state index in [0.29, 0.717) is 5.69 Å². The maximum Gasteiger partial charge on any atom is 0.418 e. The lowest BCUT2D eigenvalue weighted by Gasteiger charge is -2.22. The van der Waals surface area contributed by atoms with E-state index in [4.69, 9.17) is 9.84 Å². The number of ether oxygens (including phenoxy) is 1. The van der Waals surface area contributed by atoms with E-state index in [1.807, 2.05) is 0 Å². The standard InChI is InChI=1S/C14H14BrFN4O4/c1-8(12-13(17-5-6-21)19-24-18-12)20(14(22)23-2)9-3-4-11(16)10(15)7-9/h3-4,7,21H,1,5-6H2,2H3,(H,17,19). The molecule has 8 nitrogen and oxygen atoms in total. The lowest BCUT2D eigenvalue weighted by atomic mass is 10.2. The van der Waals surface area contributed by atoms with Crippen molar-refractivity contribution >= 4 is 39.2 Å². The van der Waals surface area contributed by atoms with Gasteiger partial charge in [-0.05, 0) is 44.4 Å². The Balaban J connectivity index is 2.41. The third-order valence-corrected chi connectivity index (χ3v) is 3.56. The maximum absolute atomic E-state index is 13.4. The number of aliphatic hydroxyl groups is 1. The largest absolute Gasteiger partial charge is 0.452 e. The molecular formula is C14H14BrFN4O4. The van der Waals surface area contributed by atoms with Gasteiger partial charge in [0, 0.05) is 6.54 Å². The SMILES string of the molecule is C=C(c1nonc1NCCO)N(C(=O)OC)c1ccc(F)c(Br)c1. The number of anilines is 2. The van der Waals surface area contributed by atoms with E-state index in [0.717, 1.165) is 4.90 Å². The summed E-state index contributed by atoms with van der Waals surface area (Å²) in [6.07, 6.45) is -0.755. The van der Waals surface area contributed by atoms with Crippen LogP contribution in [0.25, 0.3) is 5.70 Å². The summed E-state index contributed by atoms with van der Waals surface area (Å²) < 4.78 is 23.0. The Morgan fingerprint density at radius 3 is 2.92 bits per heavy atom. The van der Waals surface area contributed by atoms with Crippen LogP contribution in [0.1, 0.15) is 5.69 Å². The number of halogens is 2. The highest BCUT2D eigenvalue weighted by Crippen LogP contribution is 2.31. The fourth-order valence-electron chi connectivity index (χ4n) is 1.86. The monoisotopic (exact) mass is 400 g/mol. The first-order valence-electron chi connectivity index (χ1n) is 6.69. The van der Waals surface area contributed by atoms with E-state index in [1.165, 1.54) is 25.3 Å². The quantitative estimate of drug-likeness (QED) is 0.768. The highest BCUT2D eigenvalue weighted by atomic mass is 79.9. The molecular weight excluding hydrogens is 387 g/mol. The van der Waals surface area contributed by atoms with Crippen LogP contribution >= 0.6 is 15.9 Å². The summed E-state index contributed by atoms with van der Waals surface area (Å²) in [6.45, 7) is 3.88. The highest BCUT2D eigenvalue weighted by molar-refractivity contribution is 9.10. The lowest BCUT2D eigenvalue weighted by Crippen LogP contribution is -2.29. The minimum absolute atomic E-state index is 0.0991. The van der Waals surface area contributed by atoms with Crippen LogP contribution in [0.15, 0.2) is 33.9 Å². The second-order valence-electron chi connectivity index (χ2n) is 4.46. The van der Waals surface area contributed by atoms with E-state index in [2.05, 4.69) is 42.8 Å². The highest BCUT2D eigenvalue weighted by Gasteiger charge is 2.26. The minimum atomic E-state index is -0.755.